The largest absolute Gasteiger partial charge is 0.493 e. The second kappa shape index (κ2) is 3.66. The quantitative estimate of drug-likeness (QED) is 0.667. The van der Waals surface area contributed by atoms with E-state index >= 15 is 0 Å². The van der Waals surface area contributed by atoms with Crippen molar-refractivity contribution in [3.8, 4) is 0 Å². The molecule has 2 heteroatoms. The van der Waals surface area contributed by atoms with E-state index < -0.39 is 0 Å². The van der Waals surface area contributed by atoms with E-state index in [1.807, 2.05) is 30.3 Å². The van der Waals surface area contributed by atoms with Crippen molar-refractivity contribution in [2.45, 2.75) is 19.4 Å². The number of carbonyl (C=O) groups is 1. The molecule has 2 nitrogen and oxygen atoms in total. The van der Waals surface area contributed by atoms with Crippen LogP contribution in [0.3, 0.4) is 0 Å². The maximum Gasteiger partial charge on any atom is 0.159 e. The topological polar surface area (TPSA) is 26.3 Å². The van der Waals surface area contributed by atoms with Gasteiger partial charge in [0.05, 0.1) is 6.26 Å². The first-order chi connectivity index (χ1) is 6.77. The van der Waals surface area contributed by atoms with Crippen molar-refractivity contribution in [1.82, 2.24) is 0 Å². The van der Waals surface area contributed by atoms with E-state index in [9.17, 15) is 4.79 Å². The van der Waals surface area contributed by atoms with Crippen molar-refractivity contribution in [1.29, 1.82) is 0 Å². The molecule has 1 aliphatic heterocycles. The zero-order chi connectivity index (χ0) is 9.97. The maximum absolute atomic E-state index is 11.0. The summed E-state index contributed by atoms with van der Waals surface area (Å²) in [7, 11) is 0. The van der Waals surface area contributed by atoms with E-state index in [1.54, 1.807) is 13.2 Å². The van der Waals surface area contributed by atoms with E-state index in [0.29, 0.717) is 0 Å². The van der Waals surface area contributed by atoms with Crippen LogP contribution in [-0.4, -0.2) is 5.78 Å². The summed E-state index contributed by atoms with van der Waals surface area (Å²) in [6, 6.07) is 7.60. The summed E-state index contributed by atoms with van der Waals surface area (Å²) in [6.07, 6.45) is 4.78. The number of hydrogen-bond donors (Lipinski definition) is 0. The number of Topliss-reactive ketones (excluding diaryl/α,β-unsaturated/α-hetero) is 1. The van der Waals surface area contributed by atoms with Gasteiger partial charge >= 0.3 is 0 Å². The number of ketones is 1. The minimum Gasteiger partial charge on any atom is -0.493 e. The van der Waals surface area contributed by atoms with Gasteiger partial charge in [0.2, 0.25) is 0 Å². The van der Waals surface area contributed by atoms with Crippen molar-refractivity contribution in [3.63, 3.8) is 0 Å². The van der Waals surface area contributed by atoms with Crippen LogP contribution in [0.25, 0.3) is 0 Å². The van der Waals surface area contributed by atoms with Gasteiger partial charge in [-0.1, -0.05) is 24.3 Å². The molecule has 1 atom stereocenters. The van der Waals surface area contributed by atoms with Crippen molar-refractivity contribution in [3.05, 3.63) is 47.7 Å². The standard InChI is InChI=1S/C12H12O2/c1-9(13)10-4-6-11(7-5-10)12-3-2-8-14-12/h2,4-8,12H,3H2,1H3/t12-/m1/s1. The van der Waals surface area contributed by atoms with Gasteiger partial charge in [0.25, 0.3) is 0 Å². The lowest BCUT2D eigenvalue weighted by molar-refractivity contribution is 0.101. The fraction of sp³-hybridized carbons (Fsp3) is 0.250. The monoisotopic (exact) mass is 188 g/mol. The highest BCUT2D eigenvalue weighted by Crippen LogP contribution is 2.26. The zero-order valence-electron chi connectivity index (χ0n) is 8.07. The lowest BCUT2D eigenvalue weighted by Crippen LogP contribution is -1.97. The van der Waals surface area contributed by atoms with E-state index in [-0.39, 0.29) is 11.9 Å². The third kappa shape index (κ3) is 1.69. The zero-order valence-corrected chi connectivity index (χ0v) is 8.07. The van der Waals surface area contributed by atoms with Gasteiger partial charge in [-0.3, -0.25) is 4.79 Å². The van der Waals surface area contributed by atoms with Gasteiger partial charge in [-0.2, -0.15) is 0 Å². The van der Waals surface area contributed by atoms with Crippen LogP contribution in [0.4, 0.5) is 0 Å². The Labute approximate surface area is 83.2 Å². The molecule has 72 valence electrons. The predicted molar refractivity (Wildman–Crippen MR) is 54.0 cm³/mol. The first kappa shape index (κ1) is 9.00. The van der Waals surface area contributed by atoms with Gasteiger partial charge in [-0.15, -0.1) is 0 Å². The van der Waals surface area contributed by atoms with Crippen molar-refractivity contribution >= 4 is 5.78 Å². The number of carbonyl (C=O) groups excluding carboxylic acids is 1. The minimum atomic E-state index is 0.0991. The van der Waals surface area contributed by atoms with Gasteiger partial charge in [-0.25, -0.2) is 0 Å². The summed E-state index contributed by atoms with van der Waals surface area (Å²) in [5.41, 5.74) is 1.87. The summed E-state index contributed by atoms with van der Waals surface area (Å²) in [4.78, 5) is 11.0. The van der Waals surface area contributed by atoms with Crippen LogP contribution in [-0.2, 0) is 4.74 Å². The SMILES string of the molecule is CC(=O)c1ccc([C@H]2CC=CO2)cc1. The lowest BCUT2D eigenvalue weighted by atomic mass is 10.0. The number of ether oxygens (including phenoxy) is 1. The molecule has 0 fully saturated rings. The predicted octanol–water partition coefficient (Wildman–Crippen LogP) is 2.86. The molecule has 0 spiro atoms. The van der Waals surface area contributed by atoms with Crippen LogP contribution in [0.5, 0.6) is 0 Å². The van der Waals surface area contributed by atoms with E-state index in [0.717, 1.165) is 17.5 Å². The van der Waals surface area contributed by atoms with Gasteiger partial charge in [0, 0.05) is 12.0 Å². The molecule has 0 aromatic heterocycles. The second-order valence-electron chi connectivity index (χ2n) is 3.41. The van der Waals surface area contributed by atoms with Crippen molar-refractivity contribution in [2.75, 3.05) is 0 Å². The fourth-order valence-corrected chi connectivity index (χ4v) is 1.53. The summed E-state index contributed by atoms with van der Waals surface area (Å²) in [6.45, 7) is 1.57. The Morgan fingerprint density at radius 3 is 2.57 bits per heavy atom. The Morgan fingerprint density at radius 2 is 2.07 bits per heavy atom. The van der Waals surface area contributed by atoms with Crippen LogP contribution in [0.2, 0.25) is 0 Å². The van der Waals surface area contributed by atoms with Gasteiger partial charge in [0.15, 0.2) is 5.78 Å². The molecule has 0 unspecified atom stereocenters. The molecule has 0 radical (unpaired) electrons. The molecule has 0 N–H and O–H groups in total. The Kier molecular flexibility index (Phi) is 2.35. The van der Waals surface area contributed by atoms with E-state index in [1.165, 1.54) is 0 Å². The molecule has 14 heavy (non-hydrogen) atoms. The minimum absolute atomic E-state index is 0.0991. The van der Waals surface area contributed by atoms with Crippen LogP contribution in [0.1, 0.15) is 35.4 Å². The molecule has 0 bridgehead atoms. The first-order valence-electron chi connectivity index (χ1n) is 4.69. The van der Waals surface area contributed by atoms with Crippen molar-refractivity contribution < 1.29 is 9.53 Å². The first-order valence-corrected chi connectivity index (χ1v) is 4.69. The molecule has 1 aliphatic rings. The molecule has 0 saturated heterocycles. The van der Waals surface area contributed by atoms with E-state index in [2.05, 4.69) is 0 Å². The number of benzene rings is 1. The summed E-state index contributed by atoms with van der Waals surface area (Å²) < 4.78 is 5.37. The maximum atomic E-state index is 11.0. The Morgan fingerprint density at radius 1 is 1.36 bits per heavy atom. The molecule has 1 heterocycles. The molecule has 0 amide bonds. The number of rotatable bonds is 2. The molecule has 0 saturated carbocycles. The molecular formula is C12H12O2. The fourth-order valence-electron chi connectivity index (χ4n) is 1.53. The Balaban J connectivity index is 2.17. The van der Waals surface area contributed by atoms with Gasteiger partial charge < -0.3 is 4.74 Å². The average Bonchev–Trinajstić information content (AvgIpc) is 2.71. The highest BCUT2D eigenvalue weighted by Gasteiger charge is 2.13. The average molecular weight is 188 g/mol. The molecule has 1 aromatic rings. The van der Waals surface area contributed by atoms with Crippen LogP contribution < -0.4 is 0 Å². The number of hydrogen-bond acceptors (Lipinski definition) is 2. The molecular weight excluding hydrogens is 176 g/mol. The van der Waals surface area contributed by atoms with Gasteiger partial charge in [-0.05, 0) is 18.6 Å². The molecule has 0 aliphatic carbocycles. The summed E-state index contributed by atoms with van der Waals surface area (Å²) >= 11 is 0. The van der Waals surface area contributed by atoms with Crippen LogP contribution in [0, 0.1) is 0 Å². The van der Waals surface area contributed by atoms with E-state index in [4.69, 9.17) is 4.74 Å². The van der Waals surface area contributed by atoms with Crippen LogP contribution >= 0.6 is 0 Å². The Hall–Kier alpha value is -1.57. The third-order valence-electron chi connectivity index (χ3n) is 2.38. The summed E-state index contributed by atoms with van der Waals surface area (Å²) in [5, 5.41) is 0. The summed E-state index contributed by atoms with van der Waals surface area (Å²) in [5.74, 6) is 0.0991. The van der Waals surface area contributed by atoms with Gasteiger partial charge in [0.1, 0.15) is 6.10 Å². The van der Waals surface area contributed by atoms with Crippen molar-refractivity contribution in [2.24, 2.45) is 0 Å². The highest BCUT2D eigenvalue weighted by atomic mass is 16.5. The Bertz CT molecular complexity index is 354. The molecule has 2 rings (SSSR count). The molecule has 1 aromatic carbocycles. The third-order valence-corrected chi connectivity index (χ3v) is 2.38. The highest BCUT2D eigenvalue weighted by molar-refractivity contribution is 5.94. The second-order valence-corrected chi connectivity index (χ2v) is 3.41. The smallest absolute Gasteiger partial charge is 0.159 e. The lowest BCUT2D eigenvalue weighted by Gasteiger charge is -2.10. The van der Waals surface area contributed by atoms with Crippen LogP contribution in [0.15, 0.2) is 36.6 Å². The normalized spacial score (nSPS) is 19.4.